The third-order valence-corrected chi connectivity index (χ3v) is 4.52. The van der Waals surface area contributed by atoms with Gasteiger partial charge in [-0.05, 0) is 57.5 Å². The molecule has 0 bridgehead atoms. The average Bonchev–Trinajstić information content (AvgIpc) is 3.01. The van der Waals surface area contributed by atoms with E-state index in [1.807, 2.05) is 0 Å². The fraction of sp³-hybridized carbons (Fsp3) is 0.632. The van der Waals surface area contributed by atoms with Crippen LogP contribution in [0.5, 0.6) is 0 Å². The van der Waals surface area contributed by atoms with E-state index in [1.165, 1.54) is 24.2 Å². The number of anilines is 1. The van der Waals surface area contributed by atoms with Crippen molar-refractivity contribution in [1.29, 1.82) is 0 Å². The van der Waals surface area contributed by atoms with Crippen molar-refractivity contribution in [3.63, 3.8) is 0 Å². The number of guanidine groups is 1. The topological polar surface area (TPSA) is 30.9 Å². The van der Waals surface area contributed by atoms with E-state index in [-0.39, 0.29) is 0 Å². The summed E-state index contributed by atoms with van der Waals surface area (Å²) in [6.07, 6.45) is 3.49. The Kier molecular flexibility index (Phi) is 7.40. The number of unbranched alkanes of at least 4 members (excludes halogenated alkanes) is 1. The molecule has 0 radical (unpaired) electrons. The molecule has 128 valence electrons. The highest BCUT2D eigenvalue weighted by molar-refractivity contribution is 5.97. The lowest BCUT2D eigenvalue weighted by Gasteiger charge is -2.22. The summed E-state index contributed by atoms with van der Waals surface area (Å²) in [5, 5.41) is 3.45. The molecule has 1 aromatic rings. The Balaban J connectivity index is 1.89. The van der Waals surface area contributed by atoms with Crippen molar-refractivity contribution in [2.24, 2.45) is 4.99 Å². The van der Waals surface area contributed by atoms with E-state index in [0.717, 1.165) is 51.5 Å². The number of hydrogen-bond acceptors (Lipinski definition) is 2. The lowest BCUT2D eigenvalue weighted by Crippen LogP contribution is -2.40. The van der Waals surface area contributed by atoms with Crippen LogP contribution in [0.3, 0.4) is 0 Å². The Morgan fingerprint density at radius 2 is 1.96 bits per heavy atom. The maximum Gasteiger partial charge on any atom is 0.198 e. The normalized spacial score (nSPS) is 14.4. The second kappa shape index (κ2) is 9.56. The first-order valence-corrected chi connectivity index (χ1v) is 9.16. The first-order valence-electron chi connectivity index (χ1n) is 9.16. The monoisotopic (exact) mass is 316 g/mol. The van der Waals surface area contributed by atoms with Crippen LogP contribution in [0, 0.1) is 0 Å². The lowest BCUT2D eigenvalue weighted by molar-refractivity contribution is 0.297. The van der Waals surface area contributed by atoms with Crippen LogP contribution in [-0.2, 0) is 6.42 Å². The van der Waals surface area contributed by atoms with E-state index in [2.05, 4.69) is 60.2 Å². The largest absolute Gasteiger partial charge is 0.356 e. The number of nitrogens with one attached hydrogen (secondary N) is 1. The summed E-state index contributed by atoms with van der Waals surface area (Å²) in [7, 11) is 0. The van der Waals surface area contributed by atoms with Gasteiger partial charge < -0.3 is 15.1 Å². The van der Waals surface area contributed by atoms with E-state index in [1.54, 1.807) is 0 Å². The molecule has 0 unspecified atom stereocenters. The highest BCUT2D eigenvalue weighted by Crippen LogP contribution is 2.27. The summed E-state index contributed by atoms with van der Waals surface area (Å²) >= 11 is 0. The van der Waals surface area contributed by atoms with Crippen LogP contribution in [0.25, 0.3) is 0 Å². The molecule has 1 aliphatic heterocycles. The minimum absolute atomic E-state index is 0.905. The third kappa shape index (κ3) is 4.96. The van der Waals surface area contributed by atoms with Crippen LogP contribution < -0.4 is 10.2 Å². The molecule has 0 saturated heterocycles. The fourth-order valence-electron chi connectivity index (χ4n) is 3.13. The number of para-hydroxylation sites is 1. The molecule has 0 atom stereocenters. The van der Waals surface area contributed by atoms with Crippen molar-refractivity contribution in [1.82, 2.24) is 10.2 Å². The molecule has 0 amide bonds. The summed E-state index contributed by atoms with van der Waals surface area (Å²) in [4.78, 5) is 9.67. The van der Waals surface area contributed by atoms with Gasteiger partial charge in [0.25, 0.3) is 0 Å². The van der Waals surface area contributed by atoms with E-state index >= 15 is 0 Å². The lowest BCUT2D eigenvalue weighted by atomic mass is 10.2. The van der Waals surface area contributed by atoms with Gasteiger partial charge in [-0.25, -0.2) is 0 Å². The predicted molar refractivity (Wildman–Crippen MR) is 100 cm³/mol. The van der Waals surface area contributed by atoms with Crippen molar-refractivity contribution < 1.29 is 0 Å². The van der Waals surface area contributed by atoms with Crippen molar-refractivity contribution in [3.05, 3.63) is 29.8 Å². The molecule has 1 aliphatic rings. The van der Waals surface area contributed by atoms with Gasteiger partial charge in [-0.3, -0.25) is 4.99 Å². The Labute approximate surface area is 141 Å². The first kappa shape index (κ1) is 17.8. The van der Waals surface area contributed by atoms with E-state index < -0.39 is 0 Å². The Hall–Kier alpha value is -1.55. The number of hydrogen-bond donors (Lipinski definition) is 1. The predicted octanol–water partition coefficient (Wildman–Crippen LogP) is 3.14. The highest BCUT2D eigenvalue weighted by atomic mass is 15.3. The second-order valence-electron chi connectivity index (χ2n) is 6.00. The highest BCUT2D eigenvalue weighted by Gasteiger charge is 2.22. The second-order valence-corrected chi connectivity index (χ2v) is 6.00. The molecule has 0 fully saturated rings. The molecule has 0 aliphatic carbocycles. The minimum atomic E-state index is 0.905. The van der Waals surface area contributed by atoms with Crippen LogP contribution in [-0.4, -0.2) is 50.1 Å². The van der Waals surface area contributed by atoms with Crippen LogP contribution in [0.2, 0.25) is 0 Å². The van der Waals surface area contributed by atoms with Gasteiger partial charge in [0.1, 0.15) is 0 Å². The van der Waals surface area contributed by atoms with Crippen molar-refractivity contribution in [2.45, 2.75) is 40.0 Å². The van der Waals surface area contributed by atoms with Gasteiger partial charge in [0, 0.05) is 25.3 Å². The molecule has 4 nitrogen and oxygen atoms in total. The number of rotatable bonds is 8. The molecule has 23 heavy (non-hydrogen) atoms. The van der Waals surface area contributed by atoms with E-state index in [4.69, 9.17) is 4.99 Å². The summed E-state index contributed by atoms with van der Waals surface area (Å²) in [6.45, 7) is 12.9. The van der Waals surface area contributed by atoms with E-state index in [0.29, 0.717) is 0 Å². The molecule has 0 aromatic heterocycles. The van der Waals surface area contributed by atoms with Crippen molar-refractivity contribution in [3.8, 4) is 0 Å². The molecule has 2 rings (SSSR count). The fourth-order valence-corrected chi connectivity index (χ4v) is 3.13. The Morgan fingerprint density at radius 3 is 2.70 bits per heavy atom. The molecule has 1 N–H and O–H groups in total. The summed E-state index contributed by atoms with van der Waals surface area (Å²) in [5.41, 5.74) is 2.75. The molecular formula is C19H32N4. The zero-order valence-corrected chi connectivity index (χ0v) is 15.0. The number of nitrogens with zero attached hydrogens (tertiary/aromatic N) is 3. The smallest absolute Gasteiger partial charge is 0.198 e. The van der Waals surface area contributed by atoms with Gasteiger partial charge in [0.05, 0.1) is 0 Å². The quantitative estimate of drug-likeness (QED) is 0.454. The zero-order chi connectivity index (χ0) is 16.5. The Bertz CT molecular complexity index is 494. The number of aliphatic imine (C=N–C) groups is 1. The van der Waals surface area contributed by atoms with Gasteiger partial charge in [-0.2, -0.15) is 0 Å². The average molecular weight is 316 g/mol. The van der Waals surface area contributed by atoms with Gasteiger partial charge >= 0.3 is 0 Å². The third-order valence-electron chi connectivity index (χ3n) is 4.52. The zero-order valence-electron chi connectivity index (χ0n) is 15.0. The summed E-state index contributed by atoms with van der Waals surface area (Å²) in [6, 6.07) is 8.67. The van der Waals surface area contributed by atoms with E-state index in [9.17, 15) is 0 Å². The first-order chi connectivity index (χ1) is 11.3. The molecule has 0 saturated carbocycles. The van der Waals surface area contributed by atoms with Crippen molar-refractivity contribution >= 4 is 11.6 Å². The van der Waals surface area contributed by atoms with Gasteiger partial charge in [-0.1, -0.05) is 32.0 Å². The standard InChI is InChI=1S/C19H32N4/c1-4-20-19(21-14-9-10-15-22(5-2)6-3)23-16-13-17-11-7-8-12-18(17)23/h7-8,11-12H,4-6,9-10,13-16H2,1-3H3,(H,20,21). The number of benzene rings is 1. The molecule has 1 aromatic carbocycles. The molecule has 4 heteroatoms. The van der Waals surface area contributed by atoms with Crippen LogP contribution in [0.1, 0.15) is 39.2 Å². The number of fused-ring (bicyclic) bond motifs is 1. The Morgan fingerprint density at radius 1 is 1.17 bits per heavy atom. The van der Waals surface area contributed by atoms with Crippen LogP contribution >= 0.6 is 0 Å². The maximum atomic E-state index is 4.86. The van der Waals surface area contributed by atoms with Gasteiger partial charge in [0.2, 0.25) is 0 Å². The molecule has 1 heterocycles. The van der Waals surface area contributed by atoms with Crippen LogP contribution in [0.4, 0.5) is 5.69 Å². The molecular weight excluding hydrogens is 284 g/mol. The van der Waals surface area contributed by atoms with Crippen LogP contribution in [0.15, 0.2) is 29.3 Å². The maximum absolute atomic E-state index is 4.86. The molecule has 0 spiro atoms. The van der Waals surface area contributed by atoms with Gasteiger partial charge in [-0.15, -0.1) is 0 Å². The van der Waals surface area contributed by atoms with Crippen molar-refractivity contribution in [2.75, 3.05) is 44.2 Å². The summed E-state index contributed by atoms with van der Waals surface area (Å²) in [5.74, 6) is 1.04. The van der Waals surface area contributed by atoms with Gasteiger partial charge in [0.15, 0.2) is 5.96 Å². The summed E-state index contributed by atoms with van der Waals surface area (Å²) < 4.78 is 0. The SMILES string of the molecule is CCNC(=NCCCCN(CC)CC)N1CCc2ccccc21. The minimum Gasteiger partial charge on any atom is -0.356 e.